The van der Waals surface area contributed by atoms with Crippen LogP contribution in [0.15, 0.2) is 0 Å². The van der Waals surface area contributed by atoms with Crippen LogP contribution >= 0.6 is 0 Å². The highest BCUT2D eigenvalue weighted by Crippen LogP contribution is 2.26. The summed E-state index contributed by atoms with van der Waals surface area (Å²) in [5, 5.41) is 8.53. The molecule has 1 aliphatic rings. The van der Waals surface area contributed by atoms with Gasteiger partial charge in [-0.25, -0.2) is 4.79 Å². The molecule has 0 spiro atoms. The molecule has 1 fully saturated rings. The first-order valence-corrected chi connectivity index (χ1v) is 6.24. The molecule has 0 aromatic carbocycles. The molecule has 1 heterocycles. The number of carbonyl (C=O) groups excluding carboxylic acids is 1. The van der Waals surface area contributed by atoms with Gasteiger partial charge in [0.05, 0.1) is 13.1 Å². The molecule has 1 unspecified atom stereocenters. The zero-order valence-electron chi connectivity index (χ0n) is 11.0. The summed E-state index contributed by atoms with van der Waals surface area (Å²) in [7, 11) is 0. The lowest BCUT2D eigenvalue weighted by Crippen LogP contribution is -2.63. The minimum atomic E-state index is -0.991. The summed E-state index contributed by atoms with van der Waals surface area (Å²) in [6, 6.07) is 0. The Kier molecular flexibility index (Phi) is 5.10. The number of hydrogen-bond acceptors (Lipinski definition) is 4. The Morgan fingerprint density at radius 1 is 1.50 bits per heavy atom. The molecule has 1 amide bonds. The molecule has 0 saturated carbocycles. The summed E-state index contributed by atoms with van der Waals surface area (Å²) < 4.78 is 5.25. The van der Waals surface area contributed by atoms with Crippen LogP contribution in [-0.4, -0.2) is 53.7 Å². The first-order chi connectivity index (χ1) is 8.40. The number of nitrogens with zero attached hydrogens (tertiary/aromatic N) is 1. The standard InChI is InChI=1S/C12H22N2O4/c1-3-9(5-13)4-10(15)14-7-12(2,8-14)18-6-11(16)17/h9H,3-8,13H2,1-2H3,(H,16,17). The number of rotatable bonds is 7. The van der Waals surface area contributed by atoms with Crippen molar-refractivity contribution in [2.24, 2.45) is 11.7 Å². The van der Waals surface area contributed by atoms with Gasteiger partial charge in [-0.05, 0) is 19.4 Å². The Balaban J connectivity index is 2.32. The normalized spacial score (nSPS) is 19.2. The summed E-state index contributed by atoms with van der Waals surface area (Å²) >= 11 is 0. The second-order valence-electron chi connectivity index (χ2n) is 5.10. The maximum absolute atomic E-state index is 11.9. The fraction of sp³-hybridized carbons (Fsp3) is 0.833. The largest absolute Gasteiger partial charge is 0.480 e. The van der Waals surface area contributed by atoms with Gasteiger partial charge in [0, 0.05) is 6.42 Å². The number of ether oxygens (including phenoxy) is 1. The van der Waals surface area contributed by atoms with Crippen molar-refractivity contribution in [2.75, 3.05) is 26.2 Å². The lowest BCUT2D eigenvalue weighted by Gasteiger charge is -2.47. The molecule has 1 atom stereocenters. The summed E-state index contributed by atoms with van der Waals surface area (Å²) in [5.41, 5.74) is 5.05. The van der Waals surface area contributed by atoms with E-state index in [1.165, 1.54) is 0 Å². The lowest BCUT2D eigenvalue weighted by molar-refractivity contribution is -0.173. The predicted octanol–water partition coefficient (Wildman–Crippen LogP) is 0.0635. The van der Waals surface area contributed by atoms with Crippen LogP contribution in [0.5, 0.6) is 0 Å². The molecule has 1 saturated heterocycles. The van der Waals surface area contributed by atoms with Crippen molar-refractivity contribution in [3.63, 3.8) is 0 Å². The van der Waals surface area contributed by atoms with Crippen molar-refractivity contribution in [3.05, 3.63) is 0 Å². The molecule has 6 heteroatoms. The summed E-state index contributed by atoms with van der Waals surface area (Å²) in [5.74, 6) is -0.692. The van der Waals surface area contributed by atoms with Gasteiger partial charge in [0.25, 0.3) is 0 Å². The van der Waals surface area contributed by atoms with Gasteiger partial charge in [0.15, 0.2) is 0 Å². The fourth-order valence-corrected chi connectivity index (χ4v) is 2.04. The van der Waals surface area contributed by atoms with Crippen LogP contribution in [0.4, 0.5) is 0 Å². The molecule has 18 heavy (non-hydrogen) atoms. The van der Waals surface area contributed by atoms with Gasteiger partial charge in [0.1, 0.15) is 12.2 Å². The van der Waals surface area contributed by atoms with Crippen molar-refractivity contribution >= 4 is 11.9 Å². The molecule has 6 nitrogen and oxygen atoms in total. The zero-order valence-corrected chi connectivity index (χ0v) is 11.0. The van der Waals surface area contributed by atoms with Crippen LogP contribution in [0.3, 0.4) is 0 Å². The maximum atomic E-state index is 11.9. The van der Waals surface area contributed by atoms with Gasteiger partial charge in [-0.1, -0.05) is 13.3 Å². The highest BCUT2D eigenvalue weighted by atomic mass is 16.5. The van der Waals surface area contributed by atoms with E-state index in [-0.39, 0.29) is 18.4 Å². The van der Waals surface area contributed by atoms with Crippen LogP contribution < -0.4 is 5.73 Å². The third-order valence-electron chi connectivity index (χ3n) is 3.32. The summed E-state index contributed by atoms with van der Waals surface area (Å²) in [6.45, 7) is 4.95. The van der Waals surface area contributed by atoms with E-state index < -0.39 is 11.6 Å². The number of likely N-dealkylation sites (tertiary alicyclic amines) is 1. The Bertz CT molecular complexity index is 309. The van der Waals surface area contributed by atoms with E-state index in [1.807, 2.05) is 13.8 Å². The van der Waals surface area contributed by atoms with E-state index in [2.05, 4.69) is 0 Å². The molecule has 3 N–H and O–H groups in total. The quantitative estimate of drug-likeness (QED) is 0.673. The highest BCUT2D eigenvalue weighted by Gasteiger charge is 2.42. The molecule has 104 valence electrons. The monoisotopic (exact) mass is 258 g/mol. The number of aliphatic carboxylic acids is 1. The van der Waals surface area contributed by atoms with Crippen LogP contribution in [0.2, 0.25) is 0 Å². The van der Waals surface area contributed by atoms with Gasteiger partial charge < -0.3 is 20.5 Å². The molecule has 0 aromatic heterocycles. The van der Waals surface area contributed by atoms with Crippen molar-refractivity contribution in [2.45, 2.75) is 32.3 Å². The Morgan fingerprint density at radius 2 is 2.11 bits per heavy atom. The van der Waals surface area contributed by atoms with Crippen LogP contribution in [-0.2, 0) is 14.3 Å². The number of amides is 1. The first kappa shape index (κ1) is 14.9. The van der Waals surface area contributed by atoms with Gasteiger partial charge in [-0.3, -0.25) is 4.79 Å². The van der Waals surface area contributed by atoms with E-state index >= 15 is 0 Å². The number of carboxylic acids is 1. The van der Waals surface area contributed by atoms with Crippen LogP contribution in [0.25, 0.3) is 0 Å². The molecular formula is C12H22N2O4. The summed E-state index contributed by atoms with van der Waals surface area (Å²) in [6.07, 6.45) is 1.35. The van der Waals surface area contributed by atoms with E-state index in [1.54, 1.807) is 4.90 Å². The first-order valence-electron chi connectivity index (χ1n) is 6.24. The van der Waals surface area contributed by atoms with E-state index in [9.17, 15) is 9.59 Å². The second kappa shape index (κ2) is 6.15. The minimum Gasteiger partial charge on any atom is -0.480 e. The van der Waals surface area contributed by atoms with Gasteiger partial charge in [-0.2, -0.15) is 0 Å². The lowest BCUT2D eigenvalue weighted by atomic mass is 9.94. The average molecular weight is 258 g/mol. The summed E-state index contributed by atoms with van der Waals surface area (Å²) in [4.78, 5) is 24.0. The van der Waals surface area contributed by atoms with Gasteiger partial charge in [0.2, 0.25) is 5.91 Å². The van der Waals surface area contributed by atoms with Crippen LogP contribution in [0.1, 0.15) is 26.7 Å². The third-order valence-corrected chi connectivity index (χ3v) is 3.32. The third kappa shape index (κ3) is 3.96. The van der Waals surface area contributed by atoms with E-state index in [4.69, 9.17) is 15.6 Å². The van der Waals surface area contributed by atoms with Crippen molar-refractivity contribution in [1.82, 2.24) is 4.90 Å². The van der Waals surface area contributed by atoms with Crippen molar-refractivity contribution < 1.29 is 19.4 Å². The molecular weight excluding hydrogens is 236 g/mol. The Hall–Kier alpha value is -1.14. The smallest absolute Gasteiger partial charge is 0.329 e. The fourth-order valence-electron chi connectivity index (χ4n) is 2.04. The van der Waals surface area contributed by atoms with E-state index in [0.717, 1.165) is 6.42 Å². The Morgan fingerprint density at radius 3 is 2.56 bits per heavy atom. The SMILES string of the molecule is CCC(CN)CC(=O)N1CC(C)(OCC(=O)O)C1. The molecule has 1 aliphatic heterocycles. The van der Waals surface area contributed by atoms with Gasteiger partial charge in [-0.15, -0.1) is 0 Å². The molecule has 0 bridgehead atoms. The molecule has 0 aromatic rings. The number of nitrogens with two attached hydrogens (primary N) is 1. The van der Waals surface area contributed by atoms with Crippen molar-refractivity contribution in [1.29, 1.82) is 0 Å². The number of hydrogen-bond donors (Lipinski definition) is 2. The number of carbonyl (C=O) groups is 2. The average Bonchev–Trinajstić information content (AvgIpc) is 2.29. The van der Waals surface area contributed by atoms with Gasteiger partial charge >= 0.3 is 5.97 Å². The van der Waals surface area contributed by atoms with Crippen molar-refractivity contribution in [3.8, 4) is 0 Å². The van der Waals surface area contributed by atoms with E-state index in [0.29, 0.717) is 26.1 Å². The minimum absolute atomic E-state index is 0.0729. The molecule has 0 aliphatic carbocycles. The van der Waals surface area contributed by atoms with Crippen LogP contribution in [0, 0.1) is 5.92 Å². The molecule has 0 radical (unpaired) electrons. The zero-order chi connectivity index (χ0) is 13.8. The molecule has 1 rings (SSSR count). The maximum Gasteiger partial charge on any atom is 0.329 e. The highest BCUT2D eigenvalue weighted by molar-refractivity contribution is 5.77. The predicted molar refractivity (Wildman–Crippen MR) is 66.0 cm³/mol. The Labute approximate surface area is 107 Å². The topological polar surface area (TPSA) is 92.9 Å². The second-order valence-corrected chi connectivity index (χ2v) is 5.10. The number of carboxylic acid groups (broad SMARTS) is 1.